The highest BCUT2D eigenvalue weighted by Crippen LogP contribution is 2.35. The molecule has 0 spiro atoms. The zero-order chi connectivity index (χ0) is 15.6. The Bertz CT molecular complexity index is 805. The maximum absolute atomic E-state index is 9.01. The van der Waals surface area contributed by atoms with Crippen molar-refractivity contribution >= 4 is 34.3 Å². The summed E-state index contributed by atoms with van der Waals surface area (Å²) in [6.07, 6.45) is 3.57. The number of aliphatic hydroxyl groups is 1. The first-order valence-electron chi connectivity index (χ1n) is 7.47. The number of nitrogens with one attached hydrogen (secondary N) is 1. The fraction of sp³-hybridized carbons (Fsp3) is 0.250. The monoisotopic (exact) mass is 344 g/mol. The van der Waals surface area contributed by atoms with Crippen LogP contribution in [0.3, 0.4) is 0 Å². The highest BCUT2D eigenvalue weighted by Gasteiger charge is 2.25. The van der Waals surface area contributed by atoms with Crippen LogP contribution in [0, 0.1) is 0 Å². The predicted molar refractivity (Wildman–Crippen MR) is 93.8 cm³/mol. The van der Waals surface area contributed by atoms with Crippen LogP contribution in [0.15, 0.2) is 41.1 Å². The summed E-state index contributed by atoms with van der Waals surface area (Å²) in [7, 11) is 0. The molecule has 5 nitrogen and oxygen atoms in total. The van der Waals surface area contributed by atoms with Crippen LogP contribution in [0.5, 0.6) is 0 Å². The van der Waals surface area contributed by atoms with Gasteiger partial charge in [-0.3, -0.25) is 0 Å². The van der Waals surface area contributed by atoms with Gasteiger partial charge in [0.2, 0.25) is 5.95 Å². The molecular weight excluding hydrogens is 328 g/mol. The van der Waals surface area contributed by atoms with Gasteiger partial charge in [-0.05, 0) is 35.4 Å². The van der Waals surface area contributed by atoms with Gasteiger partial charge in [-0.25, -0.2) is 4.68 Å². The van der Waals surface area contributed by atoms with Crippen molar-refractivity contribution in [3.8, 4) is 0 Å². The van der Waals surface area contributed by atoms with E-state index in [0.717, 1.165) is 17.5 Å². The third-order valence-corrected chi connectivity index (χ3v) is 5.54. The van der Waals surface area contributed by atoms with Crippen molar-refractivity contribution in [2.45, 2.75) is 18.9 Å². The first-order valence-corrected chi connectivity index (χ1v) is 9.23. The number of fused-ring (bicyclic) bond motifs is 1. The molecule has 7 heteroatoms. The minimum atomic E-state index is 0.0544. The average molecular weight is 344 g/mol. The Kier molecular flexibility index (Phi) is 3.99. The average Bonchev–Trinajstić information content (AvgIpc) is 3.32. The number of rotatable bonds is 5. The topological polar surface area (TPSA) is 63.0 Å². The molecule has 1 aliphatic rings. The molecule has 1 aliphatic heterocycles. The Labute approximate surface area is 141 Å². The minimum absolute atomic E-state index is 0.0544. The molecule has 0 aromatic carbocycles. The molecule has 1 unspecified atom stereocenters. The van der Waals surface area contributed by atoms with Gasteiger partial charge in [0.25, 0.3) is 0 Å². The molecule has 2 N–H and O–H groups in total. The van der Waals surface area contributed by atoms with Crippen LogP contribution in [0.25, 0.3) is 5.70 Å². The van der Waals surface area contributed by atoms with Crippen LogP contribution in [-0.2, 0) is 6.42 Å². The summed E-state index contributed by atoms with van der Waals surface area (Å²) < 4.78 is 1.94. The molecule has 4 rings (SSSR count). The van der Waals surface area contributed by atoms with Crippen molar-refractivity contribution in [2.75, 3.05) is 11.9 Å². The van der Waals surface area contributed by atoms with E-state index in [1.807, 2.05) is 4.68 Å². The molecule has 0 radical (unpaired) electrons. The second-order valence-corrected chi connectivity index (χ2v) is 7.19. The van der Waals surface area contributed by atoms with E-state index in [1.165, 1.54) is 9.75 Å². The first kappa shape index (κ1) is 14.6. The van der Waals surface area contributed by atoms with Gasteiger partial charge in [0.15, 0.2) is 5.82 Å². The number of nitrogens with zero attached hydrogens (tertiary/aromatic N) is 3. The normalized spacial score (nSPS) is 16.7. The lowest BCUT2D eigenvalue weighted by atomic mass is 10.1. The molecule has 0 saturated carbocycles. The molecule has 3 aromatic heterocycles. The van der Waals surface area contributed by atoms with Crippen molar-refractivity contribution < 1.29 is 5.11 Å². The van der Waals surface area contributed by atoms with Gasteiger partial charge in [-0.1, -0.05) is 12.1 Å². The van der Waals surface area contributed by atoms with Crippen molar-refractivity contribution in [2.24, 2.45) is 0 Å². The van der Waals surface area contributed by atoms with Crippen molar-refractivity contribution in [1.29, 1.82) is 0 Å². The Morgan fingerprint density at radius 2 is 2.09 bits per heavy atom. The van der Waals surface area contributed by atoms with Crippen molar-refractivity contribution in [1.82, 2.24) is 14.8 Å². The van der Waals surface area contributed by atoms with E-state index >= 15 is 0 Å². The lowest BCUT2D eigenvalue weighted by Crippen LogP contribution is -2.19. The van der Waals surface area contributed by atoms with Crippen molar-refractivity contribution in [3.63, 3.8) is 0 Å². The lowest BCUT2D eigenvalue weighted by Gasteiger charge is -2.22. The number of aryl methyl sites for hydroxylation is 1. The van der Waals surface area contributed by atoms with E-state index in [1.54, 1.807) is 22.7 Å². The zero-order valence-corrected chi connectivity index (χ0v) is 14.0. The molecule has 4 heterocycles. The van der Waals surface area contributed by atoms with Gasteiger partial charge in [0.1, 0.15) is 6.04 Å². The molecule has 23 heavy (non-hydrogen) atoms. The molecule has 118 valence electrons. The fourth-order valence-electron chi connectivity index (χ4n) is 2.62. The van der Waals surface area contributed by atoms with Crippen LogP contribution in [0.2, 0.25) is 0 Å². The standard InChI is InChI=1S/C16H16N4OS2/c21-7-1-6-15-18-16-17-11(13-4-2-8-22-13)10-12(20(16)19-15)14-5-3-9-23-14/h2-5,8-10,12,21H,1,6-7H2,(H,17,18,19). The number of hydrogen-bond donors (Lipinski definition) is 2. The molecular formula is C16H16N4OS2. The van der Waals surface area contributed by atoms with Gasteiger partial charge in [0.05, 0.1) is 10.6 Å². The molecule has 0 bridgehead atoms. The number of aliphatic hydroxyl groups excluding tert-OH is 1. The molecule has 1 atom stereocenters. The number of anilines is 1. The third-order valence-electron chi connectivity index (χ3n) is 3.69. The molecule has 0 amide bonds. The van der Waals surface area contributed by atoms with E-state index in [9.17, 15) is 0 Å². The van der Waals surface area contributed by atoms with Gasteiger partial charge >= 0.3 is 0 Å². The Morgan fingerprint density at radius 1 is 1.22 bits per heavy atom. The number of hydrogen-bond acceptors (Lipinski definition) is 6. The zero-order valence-electron chi connectivity index (χ0n) is 12.3. The van der Waals surface area contributed by atoms with Crippen LogP contribution in [0.4, 0.5) is 5.95 Å². The molecule has 0 saturated heterocycles. The van der Waals surface area contributed by atoms with E-state index in [4.69, 9.17) is 5.11 Å². The highest BCUT2D eigenvalue weighted by atomic mass is 32.1. The second-order valence-electron chi connectivity index (χ2n) is 5.27. The number of aromatic nitrogens is 3. The highest BCUT2D eigenvalue weighted by molar-refractivity contribution is 7.11. The Balaban J connectivity index is 1.74. The summed E-state index contributed by atoms with van der Waals surface area (Å²) in [6, 6.07) is 8.40. The summed E-state index contributed by atoms with van der Waals surface area (Å²) in [6.45, 7) is 0.157. The predicted octanol–water partition coefficient (Wildman–Crippen LogP) is 3.38. The molecule has 0 aliphatic carbocycles. The smallest absolute Gasteiger partial charge is 0.226 e. The Morgan fingerprint density at radius 3 is 2.83 bits per heavy atom. The largest absolute Gasteiger partial charge is 0.396 e. The van der Waals surface area contributed by atoms with Crippen LogP contribution in [-0.4, -0.2) is 26.5 Å². The van der Waals surface area contributed by atoms with Crippen molar-refractivity contribution in [3.05, 3.63) is 56.7 Å². The number of thiophene rings is 2. The minimum Gasteiger partial charge on any atom is -0.396 e. The van der Waals surface area contributed by atoms with E-state index < -0.39 is 0 Å². The van der Waals surface area contributed by atoms with Crippen LogP contribution < -0.4 is 5.32 Å². The fourth-order valence-corrected chi connectivity index (χ4v) is 4.10. The summed E-state index contributed by atoms with van der Waals surface area (Å²) >= 11 is 3.43. The Hall–Kier alpha value is -1.96. The summed E-state index contributed by atoms with van der Waals surface area (Å²) in [5.74, 6) is 1.53. The SMILES string of the molecule is OCCCc1nc2n(n1)C(c1cccs1)C=C(c1cccs1)N2. The summed E-state index contributed by atoms with van der Waals surface area (Å²) in [5.41, 5.74) is 1.08. The van der Waals surface area contributed by atoms with Gasteiger partial charge in [-0.2, -0.15) is 10.1 Å². The summed E-state index contributed by atoms with van der Waals surface area (Å²) in [4.78, 5) is 7.04. The second kappa shape index (κ2) is 6.27. The third kappa shape index (κ3) is 2.83. The van der Waals surface area contributed by atoms with Gasteiger partial charge < -0.3 is 10.4 Å². The lowest BCUT2D eigenvalue weighted by molar-refractivity contribution is 0.287. The first-order chi connectivity index (χ1) is 11.3. The maximum atomic E-state index is 9.01. The summed E-state index contributed by atoms with van der Waals surface area (Å²) in [5, 5.41) is 21.2. The van der Waals surface area contributed by atoms with E-state index in [0.29, 0.717) is 12.8 Å². The van der Waals surface area contributed by atoms with E-state index in [-0.39, 0.29) is 12.6 Å². The van der Waals surface area contributed by atoms with Crippen LogP contribution in [0.1, 0.15) is 28.0 Å². The number of allylic oxidation sites excluding steroid dienone is 1. The molecule has 3 aromatic rings. The quantitative estimate of drug-likeness (QED) is 0.745. The van der Waals surface area contributed by atoms with Gasteiger partial charge in [0, 0.05) is 17.9 Å². The van der Waals surface area contributed by atoms with Gasteiger partial charge in [-0.15, -0.1) is 22.7 Å². The van der Waals surface area contributed by atoms with E-state index in [2.05, 4.69) is 56.5 Å². The molecule has 0 fully saturated rings. The maximum Gasteiger partial charge on any atom is 0.226 e. The van der Waals surface area contributed by atoms with Crippen LogP contribution >= 0.6 is 22.7 Å².